The molecule has 0 radical (unpaired) electrons. The highest BCUT2D eigenvalue weighted by molar-refractivity contribution is 6.17. The molecule has 0 spiro atoms. The van der Waals surface area contributed by atoms with Gasteiger partial charge in [-0.2, -0.15) is 0 Å². The summed E-state index contributed by atoms with van der Waals surface area (Å²) in [6, 6.07) is 3.42. The fourth-order valence-electron chi connectivity index (χ4n) is 2.34. The molecule has 1 aromatic heterocycles. The fraction of sp³-hybridized carbons (Fsp3) is 0.533. The van der Waals surface area contributed by atoms with Gasteiger partial charge in [0.15, 0.2) is 0 Å². The van der Waals surface area contributed by atoms with Crippen molar-refractivity contribution in [3.05, 3.63) is 29.3 Å². The Morgan fingerprint density at radius 2 is 2.11 bits per heavy atom. The number of benzene rings is 1. The monoisotopic (exact) mass is 282 g/mol. The second-order valence-corrected chi connectivity index (χ2v) is 5.29. The van der Waals surface area contributed by atoms with Crippen LogP contribution in [0.25, 0.3) is 11.0 Å². The molecule has 0 fully saturated rings. The number of hydrogen-bond donors (Lipinski definition) is 0. The minimum absolute atomic E-state index is 0.192. The van der Waals surface area contributed by atoms with E-state index in [0.717, 1.165) is 36.2 Å². The number of nitrogens with zero attached hydrogens (tertiary/aromatic N) is 2. The molecule has 1 heterocycles. The van der Waals surface area contributed by atoms with E-state index in [-0.39, 0.29) is 5.82 Å². The number of halogens is 2. The van der Waals surface area contributed by atoms with E-state index in [4.69, 9.17) is 11.6 Å². The molecule has 0 unspecified atom stereocenters. The zero-order valence-electron chi connectivity index (χ0n) is 11.5. The molecule has 0 bridgehead atoms. The third-order valence-electron chi connectivity index (χ3n) is 3.41. The Morgan fingerprint density at radius 1 is 1.32 bits per heavy atom. The molecule has 4 heteroatoms. The van der Waals surface area contributed by atoms with E-state index in [1.54, 1.807) is 6.92 Å². The highest BCUT2D eigenvalue weighted by Gasteiger charge is 2.12. The molecular formula is C15H20ClFN2. The molecule has 0 aliphatic rings. The topological polar surface area (TPSA) is 17.8 Å². The van der Waals surface area contributed by atoms with Gasteiger partial charge in [-0.15, -0.1) is 11.6 Å². The second kappa shape index (κ2) is 6.38. The molecule has 19 heavy (non-hydrogen) atoms. The van der Waals surface area contributed by atoms with Gasteiger partial charge < -0.3 is 4.57 Å². The van der Waals surface area contributed by atoms with Crippen molar-refractivity contribution in [3.63, 3.8) is 0 Å². The lowest BCUT2D eigenvalue weighted by Crippen LogP contribution is -2.05. The fourth-order valence-corrected chi connectivity index (χ4v) is 2.51. The largest absolute Gasteiger partial charge is 0.328 e. The van der Waals surface area contributed by atoms with Crippen LogP contribution in [0.5, 0.6) is 0 Å². The zero-order chi connectivity index (χ0) is 13.8. The van der Waals surface area contributed by atoms with Crippen molar-refractivity contribution in [1.29, 1.82) is 0 Å². The normalized spacial score (nSPS) is 11.4. The number of aryl methyl sites for hydroxylation is 3. The van der Waals surface area contributed by atoms with E-state index in [1.165, 1.54) is 18.9 Å². The van der Waals surface area contributed by atoms with Crippen molar-refractivity contribution in [2.24, 2.45) is 0 Å². The Kier molecular flexibility index (Phi) is 4.81. The SMILES string of the molecule is CCCCCn1c(CCCl)nc2cc(F)c(C)cc21. The summed E-state index contributed by atoms with van der Waals surface area (Å²) < 4.78 is 15.8. The molecule has 0 aliphatic heterocycles. The predicted octanol–water partition coefficient (Wildman–Crippen LogP) is 4.46. The van der Waals surface area contributed by atoms with Crippen LogP contribution in [0.1, 0.15) is 37.6 Å². The molecule has 104 valence electrons. The van der Waals surface area contributed by atoms with Crippen LogP contribution in [0.2, 0.25) is 0 Å². The molecule has 2 aromatic rings. The lowest BCUT2D eigenvalue weighted by atomic mass is 10.2. The number of rotatable bonds is 6. The van der Waals surface area contributed by atoms with Gasteiger partial charge in [-0.25, -0.2) is 9.37 Å². The smallest absolute Gasteiger partial charge is 0.128 e. The number of alkyl halides is 1. The van der Waals surface area contributed by atoms with Crippen molar-refractivity contribution in [3.8, 4) is 0 Å². The third-order valence-corrected chi connectivity index (χ3v) is 3.60. The number of fused-ring (bicyclic) bond motifs is 1. The van der Waals surface area contributed by atoms with E-state index in [2.05, 4.69) is 16.5 Å². The Morgan fingerprint density at radius 3 is 2.79 bits per heavy atom. The quantitative estimate of drug-likeness (QED) is 0.565. The molecule has 0 saturated carbocycles. The molecular weight excluding hydrogens is 263 g/mol. The highest BCUT2D eigenvalue weighted by Crippen LogP contribution is 2.21. The van der Waals surface area contributed by atoms with Gasteiger partial charge in [-0.3, -0.25) is 0 Å². The molecule has 0 atom stereocenters. The standard InChI is InChI=1S/C15H20ClFN2/c1-3-4-5-8-19-14-9-11(2)12(17)10-13(14)18-15(19)6-7-16/h9-10H,3-8H2,1-2H3. The van der Waals surface area contributed by atoms with E-state index < -0.39 is 0 Å². The Bertz CT molecular complexity index is 563. The summed E-state index contributed by atoms with van der Waals surface area (Å²) in [6.45, 7) is 4.91. The first kappa shape index (κ1) is 14.3. The summed E-state index contributed by atoms with van der Waals surface area (Å²) in [5.41, 5.74) is 2.43. The molecule has 0 N–H and O–H groups in total. The number of imidazole rings is 1. The van der Waals surface area contributed by atoms with Crippen LogP contribution in [0, 0.1) is 12.7 Å². The van der Waals surface area contributed by atoms with Gasteiger partial charge in [0.05, 0.1) is 11.0 Å². The molecule has 2 rings (SSSR count). The first-order valence-electron chi connectivity index (χ1n) is 6.88. The van der Waals surface area contributed by atoms with Crippen molar-refractivity contribution in [2.75, 3.05) is 5.88 Å². The second-order valence-electron chi connectivity index (χ2n) is 4.92. The van der Waals surface area contributed by atoms with Crippen LogP contribution < -0.4 is 0 Å². The van der Waals surface area contributed by atoms with Gasteiger partial charge in [0, 0.05) is 24.9 Å². The lowest BCUT2D eigenvalue weighted by Gasteiger charge is -2.08. The van der Waals surface area contributed by atoms with Gasteiger partial charge >= 0.3 is 0 Å². The first-order chi connectivity index (χ1) is 9.17. The summed E-state index contributed by atoms with van der Waals surface area (Å²) in [5.74, 6) is 1.31. The van der Waals surface area contributed by atoms with E-state index >= 15 is 0 Å². The molecule has 0 saturated heterocycles. The lowest BCUT2D eigenvalue weighted by molar-refractivity contribution is 0.593. The van der Waals surface area contributed by atoms with Crippen LogP contribution in [-0.2, 0) is 13.0 Å². The van der Waals surface area contributed by atoms with Crippen molar-refractivity contribution in [2.45, 2.75) is 46.1 Å². The number of unbranched alkanes of at least 4 members (excludes halogenated alkanes) is 2. The summed E-state index contributed by atoms with van der Waals surface area (Å²) >= 11 is 5.83. The highest BCUT2D eigenvalue weighted by atomic mass is 35.5. The number of aromatic nitrogens is 2. The van der Waals surface area contributed by atoms with Crippen LogP contribution in [0.3, 0.4) is 0 Å². The summed E-state index contributed by atoms with van der Waals surface area (Å²) in [5, 5.41) is 0. The minimum Gasteiger partial charge on any atom is -0.328 e. The van der Waals surface area contributed by atoms with E-state index in [9.17, 15) is 4.39 Å². The van der Waals surface area contributed by atoms with E-state index in [0.29, 0.717) is 11.4 Å². The zero-order valence-corrected chi connectivity index (χ0v) is 12.3. The summed E-state index contributed by atoms with van der Waals surface area (Å²) in [7, 11) is 0. The Labute approximate surface area is 118 Å². The van der Waals surface area contributed by atoms with Crippen molar-refractivity contribution < 1.29 is 4.39 Å². The average Bonchev–Trinajstić information content (AvgIpc) is 2.69. The summed E-state index contributed by atoms with van der Waals surface area (Å²) in [4.78, 5) is 4.52. The van der Waals surface area contributed by atoms with E-state index in [1.807, 2.05) is 6.07 Å². The Balaban J connectivity index is 2.43. The number of hydrogen-bond acceptors (Lipinski definition) is 1. The van der Waals surface area contributed by atoms with Crippen LogP contribution >= 0.6 is 11.6 Å². The Hall–Kier alpha value is -1.09. The molecule has 2 nitrogen and oxygen atoms in total. The summed E-state index contributed by atoms with van der Waals surface area (Å²) in [6.07, 6.45) is 4.22. The maximum absolute atomic E-state index is 13.6. The average molecular weight is 283 g/mol. The predicted molar refractivity (Wildman–Crippen MR) is 78.4 cm³/mol. The van der Waals surface area contributed by atoms with Crippen LogP contribution in [0.15, 0.2) is 12.1 Å². The first-order valence-corrected chi connectivity index (χ1v) is 7.42. The third kappa shape index (κ3) is 3.08. The van der Waals surface area contributed by atoms with Gasteiger partial charge in [-0.05, 0) is 25.0 Å². The van der Waals surface area contributed by atoms with Gasteiger partial charge in [0.2, 0.25) is 0 Å². The maximum Gasteiger partial charge on any atom is 0.128 e. The molecule has 1 aromatic carbocycles. The van der Waals surface area contributed by atoms with Crippen LogP contribution in [0.4, 0.5) is 4.39 Å². The van der Waals surface area contributed by atoms with Gasteiger partial charge in [0.1, 0.15) is 11.6 Å². The molecule has 0 aliphatic carbocycles. The van der Waals surface area contributed by atoms with Gasteiger partial charge in [0.25, 0.3) is 0 Å². The van der Waals surface area contributed by atoms with Gasteiger partial charge in [-0.1, -0.05) is 19.8 Å². The van der Waals surface area contributed by atoms with Crippen molar-refractivity contribution in [1.82, 2.24) is 9.55 Å². The maximum atomic E-state index is 13.6. The van der Waals surface area contributed by atoms with Crippen molar-refractivity contribution >= 4 is 22.6 Å². The molecule has 0 amide bonds. The van der Waals surface area contributed by atoms with Crippen LogP contribution in [-0.4, -0.2) is 15.4 Å². The minimum atomic E-state index is -0.192.